The second-order valence-corrected chi connectivity index (χ2v) is 14.7. The monoisotopic (exact) mass is 761 g/mol. The molecule has 0 amide bonds. The number of nitrogens with zero attached hydrogens (tertiary/aromatic N) is 10. The molecule has 12 nitrogen and oxygen atoms in total. The van der Waals surface area contributed by atoms with Crippen LogP contribution in [0, 0.1) is 0 Å². The Bertz CT molecular complexity index is 1660. The van der Waals surface area contributed by atoms with E-state index in [1.165, 1.54) is 49.9 Å². The van der Waals surface area contributed by atoms with Crippen molar-refractivity contribution >= 4 is 0 Å². The summed E-state index contributed by atoms with van der Waals surface area (Å²) in [4.78, 5) is 21.3. The smallest absolute Gasteiger partial charge is 0.0948 e. The Morgan fingerprint density at radius 3 is 1.12 bits per heavy atom. The molecule has 0 unspecified atom stereocenters. The normalized spacial score (nSPS) is 21.7. The summed E-state index contributed by atoms with van der Waals surface area (Å²) in [6.07, 6.45) is 28.1. The van der Waals surface area contributed by atoms with Gasteiger partial charge in [-0.3, -0.25) is 9.80 Å². The zero-order valence-electron chi connectivity index (χ0n) is 31.4. The Morgan fingerprint density at radius 1 is 0.464 bits per heavy atom. The van der Waals surface area contributed by atoms with E-state index in [-0.39, 0.29) is 14.9 Å². The van der Waals surface area contributed by atoms with E-state index in [9.17, 15) is 0 Å². The Kier molecular flexibility index (Phi) is 17.1. The standard InChI is InChI=1S/2C14H17N3.2C7H11N3.2CH4/c2*1-2-4-13(5-3-1)10-16-8-6-14(11-16)17-9-7-15-12-17;2*1-2-8-5-7(1)10-4-3-9-6-10;;/h2*1-5,7,9,12,14H,6,8,10-11H2;2*3-4,6-8H,1-2,5H2;2*1H4/t2*14-;2*7-;;/m1010../s1. The zero-order valence-corrected chi connectivity index (χ0v) is 31.4. The van der Waals surface area contributed by atoms with Gasteiger partial charge in [0.1, 0.15) is 0 Å². The second kappa shape index (κ2) is 22.6. The summed E-state index contributed by atoms with van der Waals surface area (Å²) in [5.74, 6) is 0. The molecule has 2 aromatic carbocycles. The molecule has 2 N–H and O–H groups in total. The number of nitrogens with one attached hydrogen (secondary N) is 2. The minimum atomic E-state index is 0. The predicted octanol–water partition coefficient (Wildman–Crippen LogP) is 6.77. The molecule has 0 bridgehead atoms. The van der Waals surface area contributed by atoms with E-state index in [1.54, 1.807) is 0 Å². The van der Waals surface area contributed by atoms with Crippen molar-refractivity contribution in [3.8, 4) is 0 Å². The lowest BCUT2D eigenvalue weighted by Gasteiger charge is -2.16. The summed E-state index contributed by atoms with van der Waals surface area (Å²) >= 11 is 0. The highest BCUT2D eigenvalue weighted by molar-refractivity contribution is 5.15. The van der Waals surface area contributed by atoms with Gasteiger partial charge < -0.3 is 28.9 Å². The van der Waals surface area contributed by atoms with Gasteiger partial charge in [0.05, 0.1) is 25.3 Å². The Hall–Kier alpha value is -4.88. The van der Waals surface area contributed by atoms with Gasteiger partial charge in [-0.2, -0.15) is 0 Å². The molecule has 56 heavy (non-hydrogen) atoms. The van der Waals surface area contributed by atoms with Crippen molar-refractivity contribution in [3.05, 3.63) is 147 Å². The minimum Gasteiger partial charge on any atom is -0.333 e. The molecule has 0 spiro atoms. The van der Waals surface area contributed by atoms with Crippen LogP contribution in [0.25, 0.3) is 0 Å². The second-order valence-electron chi connectivity index (χ2n) is 14.7. The van der Waals surface area contributed by atoms with Crippen molar-refractivity contribution < 1.29 is 0 Å². The van der Waals surface area contributed by atoms with Crippen LogP contribution in [0.15, 0.2) is 136 Å². The largest absolute Gasteiger partial charge is 0.333 e. The molecule has 4 saturated heterocycles. The van der Waals surface area contributed by atoms with E-state index in [1.807, 2.05) is 62.5 Å². The topological polar surface area (TPSA) is 102 Å². The Labute approximate surface area is 334 Å². The Morgan fingerprint density at radius 2 is 0.821 bits per heavy atom. The summed E-state index contributed by atoms with van der Waals surface area (Å²) in [7, 11) is 0. The van der Waals surface area contributed by atoms with Gasteiger partial charge in [-0.15, -0.1) is 0 Å². The molecule has 4 aliphatic rings. The van der Waals surface area contributed by atoms with Crippen LogP contribution in [0.5, 0.6) is 0 Å². The molecular weight excluding hydrogens is 697 g/mol. The maximum atomic E-state index is 4.12. The van der Waals surface area contributed by atoms with E-state index in [0.717, 1.165) is 52.4 Å². The van der Waals surface area contributed by atoms with Gasteiger partial charge in [-0.1, -0.05) is 75.5 Å². The maximum absolute atomic E-state index is 4.12. The maximum Gasteiger partial charge on any atom is 0.0948 e. The van der Waals surface area contributed by atoms with Crippen LogP contribution in [-0.2, 0) is 13.1 Å². The summed E-state index contributed by atoms with van der Waals surface area (Å²) in [6.45, 7) is 11.2. The lowest BCUT2D eigenvalue weighted by molar-refractivity contribution is 0.316. The highest BCUT2D eigenvalue weighted by Crippen LogP contribution is 2.24. The number of likely N-dealkylation sites (tertiary alicyclic amines) is 2. The van der Waals surface area contributed by atoms with Gasteiger partial charge >= 0.3 is 0 Å². The molecule has 4 aliphatic heterocycles. The quantitative estimate of drug-likeness (QED) is 0.176. The predicted molar refractivity (Wildman–Crippen MR) is 226 cm³/mol. The molecular formula is C44H64N12. The van der Waals surface area contributed by atoms with Crippen molar-refractivity contribution in [2.75, 3.05) is 52.4 Å². The van der Waals surface area contributed by atoms with Gasteiger partial charge in [-0.05, 0) is 49.9 Å². The first-order chi connectivity index (χ1) is 26.8. The van der Waals surface area contributed by atoms with Crippen LogP contribution in [0.2, 0.25) is 0 Å². The average Bonchev–Trinajstić information content (AvgIpc) is 4.08. The molecule has 300 valence electrons. The van der Waals surface area contributed by atoms with Gasteiger partial charge in [-0.25, -0.2) is 19.9 Å². The Balaban J connectivity index is 0.000000145. The first kappa shape index (κ1) is 42.3. The molecule has 4 atom stereocenters. The number of benzene rings is 2. The minimum absolute atomic E-state index is 0. The molecule has 10 rings (SSSR count). The third kappa shape index (κ3) is 12.6. The van der Waals surface area contributed by atoms with Crippen LogP contribution >= 0.6 is 0 Å². The van der Waals surface area contributed by atoms with E-state index in [4.69, 9.17) is 0 Å². The van der Waals surface area contributed by atoms with Crippen molar-refractivity contribution in [1.29, 1.82) is 0 Å². The first-order valence-electron chi connectivity index (χ1n) is 19.6. The number of aromatic nitrogens is 8. The van der Waals surface area contributed by atoms with Crippen molar-refractivity contribution in [2.45, 2.75) is 77.8 Å². The van der Waals surface area contributed by atoms with Gasteiger partial charge in [0, 0.05) is 126 Å². The summed E-state index contributed by atoms with van der Waals surface area (Å²) in [5.41, 5.74) is 2.80. The van der Waals surface area contributed by atoms with Crippen LogP contribution in [-0.4, -0.2) is 100 Å². The van der Waals surface area contributed by atoms with Gasteiger partial charge in [0.2, 0.25) is 0 Å². The highest BCUT2D eigenvalue weighted by Gasteiger charge is 2.24. The molecule has 0 saturated carbocycles. The van der Waals surface area contributed by atoms with Crippen molar-refractivity contribution in [3.63, 3.8) is 0 Å². The molecule has 6 aromatic rings. The SMILES string of the molecule is C.C.c1ccc(CN2CC[C@@H](n3ccnc3)C2)cc1.c1ccc(CN2CC[C@H](n3ccnc3)C2)cc1.c1cn([C@@H]2CCNC2)cn1.c1cn([C@H]2CCNC2)cn1. The molecule has 0 aliphatic carbocycles. The summed E-state index contributed by atoms with van der Waals surface area (Å²) in [5, 5.41) is 6.62. The number of rotatable bonds is 8. The molecule has 8 heterocycles. The zero-order chi connectivity index (χ0) is 36.6. The lowest BCUT2D eigenvalue weighted by Crippen LogP contribution is -2.20. The average molecular weight is 761 g/mol. The van der Waals surface area contributed by atoms with Crippen LogP contribution in [0.3, 0.4) is 0 Å². The molecule has 4 fully saturated rings. The number of hydrogen-bond acceptors (Lipinski definition) is 8. The third-order valence-corrected chi connectivity index (χ3v) is 10.8. The fraction of sp³-hybridized carbons (Fsp3) is 0.455. The van der Waals surface area contributed by atoms with Crippen LogP contribution < -0.4 is 10.6 Å². The van der Waals surface area contributed by atoms with Crippen LogP contribution in [0.4, 0.5) is 0 Å². The van der Waals surface area contributed by atoms with Gasteiger partial charge in [0.15, 0.2) is 0 Å². The van der Waals surface area contributed by atoms with E-state index in [2.05, 4.69) is 132 Å². The van der Waals surface area contributed by atoms with Crippen molar-refractivity contribution in [1.82, 2.24) is 58.6 Å². The summed E-state index contributed by atoms with van der Waals surface area (Å²) in [6, 6.07) is 23.9. The highest BCUT2D eigenvalue weighted by atomic mass is 15.2. The van der Waals surface area contributed by atoms with Gasteiger partial charge in [0.25, 0.3) is 0 Å². The van der Waals surface area contributed by atoms with Crippen LogP contribution in [0.1, 0.15) is 75.8 Å². The van der Waals surface area contributed by atoms with E-state index in [0.29, 0.717) is 24.2 Å². The lowest BCUT2D eigenvalue weighted by atomic mass is 10.2. The fourth-order valence-corrected chi connectivity index (χ4v) is 7.81. The van der Waals surface area contributed by atoms with E-state index < -0.39 is 0 Å². The third-order valence-electron chi connectivity index (χ3n) is 10.8. The number of hydrogen-bond donors (Lipinski definition) is 2. The fourth-order valence-electron chi connectivity index (χ4n) is 7.81. The number of imidazole rings is 4. The summed E-state index contributed by atoms with van der Waals surface area (Å²) < 4.78 is 8.79. The van der Waals surface area contributed by atoms with E-state index >= 15 is 0 Å². The molecule has 0 radical (unpaired) electrons. The molecule has 4 aromatic heterocycles. The first-order valence-corrected chi connectivity index (χ1v) is 19.6. The molecule has 12 heteroatoms. The van der Waals surface area contributed by atoms with Crippen molar-refractivity contribution in [2.24, 2.45) is 0 Å².